The molecule has 1 fully saturated rings. The van der Waals surface area contributed by atoms with Crippen molar-refractivity contribution in [3.63, 3.8) is 0 Å². The van der Waals surface area contributed by atoms with Crippen molar-refractivity contribution in [3.05, 3.63) is 47.8 Å². The van der Waals surface area contributed by atoms with E-state index < -0.39 is 0 Å². The van der Waals surface area contributed by atoms with Crippen LogP contribution in [0.4, 0.5) is 10.5 Å². The lowest BCUT2D eigenvalue weighted by atomic mass is 10.1. The van der Waals surface area contributed by atoms with Crippen LogP contribution in [-0.2, 0) is 0 Å². The normalized spacial score (nSPS) is 14.8. The summed E-state index contributed by atoms with van der Waals surface area (Å²) in [6.45, 7) is 3.13. The summed E-state index contributed by atoms with van der Waals surface area (Å²) < 4.78 is 1.22. The molecule has 1 N–H and O–H groups in total. The summed E-state index contributed by atoms with van der Waals surface area (Å²) in [4.78, 5) is 20.9. The number of hydrogen-bond donors (Lipinski definition) is 1. The van der Waals surface area contributed by atoms with E-state index in [1.54, 1.807) is 18.4 Å². The molecule has 0 atom stereocenters. The minimum absolute atomic E-state index is 0.000577. The van der Waals surface area contributed by atoms with Crippen LogP contribution >= 0.6 is 11.3 Å². The van der Waals surface area contributed by atoms with E-state index in [2.05, 4.69) is 39.9 Å². The second kappa shape index (κ2) is 6.72. The number of carbonyl (C=O) groups excluding carboxylic acids is 1. The Morgan fingerprint density at radius 3 is 2.60 bits per heavy atom. The molecule has 1 aliphatic rings. The summed E-state index contributed by atoms with van der Waals surface area (Å²) in [5, 5.41) is 4.80. The van der Waals surface area contributed by atoms with Crippen LogP contribution in [0.1, 0.15) is 0 Å². The maximum atomic E-state index is 11.8. The van der Waals surface area contributed by atoms with Gasteiger partial charge in [0, 0.05) is 38.8 Å². The lowest BCUT2D eigenvalue weighted by molar-refractivity contribution is 0.196. The molecular formula is C19H20N4OS. The smallest absolute Gasteiger partial charge is 0.317 e. The average molecular weight is 352 g/mol. The van der Waals surface area contributed by atoms with Crippen LogP contribution in [0.15, 0.2) is 47.8 Å². The molecule has 0 unspecified atom stereocenters. The number of nitrogens with zero attached hydrogens (tertiary/aromatic N) is 3. The third-order valence-corrected chi connectivity index (χ3v) is 5.51. The van der Waals surface area contributed by atoms with Crippen molar-refractivity contribution in [2.45, 2.75) is 0 Å². The number of aromatic nitrogens is 1. The van der Waals surface area contributed by atoms with E-state index in [1.165, 1.54) is 10.4 Å². The molecule has 1 aromatic carbocycles. The van der Waals surface area contributed by atoms with E-state index >= 15 is 0 Å². The number of fused-ring (bicyclic) bond motifs is 1. The van der Waals surface area contributed by atoms with Crippen LogP contribution in [0.25, 0.3) is 21.5 Å². The number of urea groups is 1. The lowest BCUT2D eigenvalue weighted by Crippen LogP contribution is -2.51. The maximum absolute atomic E-state index is 11.8. The van der Waals surface area contributed by atoms with Crippen LogP contribution in [0.5, 0.6) is 0 Å². The third kappa shape index (κ3) is 3.05. The summed E-state index contributed by atoms with van der Waals surface area (Å²) >= 11 is 1.73. The van der Waals surface area contributed by atoms with Crippen LogP contribution in [0.3, 0.4) is 0 Å². The highest BCUT2D eigenvalue weighted by Crippen LogP contribution is 2.34. The molecule has 0 radical (unpaired) electrons. The molecule has 128 valence electrons. The Bertz CT molecular complexity index is 885. The first-order chi connectivity index (χ1) is 12.3. The number of rotatable bonds is 2. The SMILES string of the molecule is CNC(=O)N1CCN(c2cc(-c3ccccc3)nc3ccsc23)CC1. The first-order valence-electron chi connectivity index (χ1n) is 8.41. The number of nitrogens with one attached hydrogen (secondary N) is 1. The van der Waals surface area contributed by atoms with Crippen molar-refractivity contribution in [2.24, 2.45) is 0 Å². The molecule has 0 saturated carbocycles. The molecule has 0 aliphatic carbocycles. The number of piperazine rings is 1. The second-order valence-electron chi connectivity index (χ2n) is 6.06. The van der Waals surface area contributed by atoms with Crippen molar-refractivity contribution < 1.29 is 4.79 Å². The van der Waals surface area contributed by atoms with Gasteiger partial charge in [0.15, 0.2) is 0 Å². The van der Waals surface area contributed by atoms with Gasteiger partial charge in [0.2, 0.25) is 0 Å². The summed E-state index contributed by atoms with van der Waals surface area (Å²) in [7, 11) is 1.68. The minimum atomic E-state index is 0.000577. The van der Waals surface area contributed by atoms with Gasteiger partial charge in [-0.3, -0.25) is 0 Å². The van der Waals surface area contributed by atoms with E-state index in [9.17, 15) is 4.79 Å². The summed E-state index contributed by atoms with van der Waals surface area (Å²) in [5.74, 6) is 0. The molecule has 3 aromatic rings. The molecule has 0 bridgehead atoms. The number of hydrogen-bond acceptors (Lipinski definition) is 4. The standard InChI is InChI=1S/C19H20N4OS/c1-20-19(24)23-10-8-22(9-11-23)17-13-16(14-5-3-2-4-6-14)21-15-7-12-25-18(15)17/h2-7,12-13H,8-11H2,1H3,(H,20,24). The molecule has 2 aromatic heterocycles. The van der Waals surface area contributed by atoms with E-state index in [4.69, 9.17) is 4.98 Å². The fourth-order valence-electron chi connectivity index (χ4n) is 3.24. The highest BCUT2D eigenvalue weighted by Gasteiger charge is 2.22. The molecular weight excluding hydrogens is 332 g/mol. The highest BCUT2D eigenvalue weighted by atomic mass is 32.1. The number of pyridine rings is 1. The summed E-state index contributed by atoms with van der Waals surface area (Å²) in [5.41, 5.74) is 4.38. The van der Waals surface area contributed by atoms with Crippen LogP contribution in [0, 0.1) is 0 Å². The van der Waals surface area contributed by atoms with Crippen LogP contribution in [0.2, 0.25) is 0 Å². The number of amides is 2. The number of thiophene rings is 1. The van der Waals surface area contributed by atoms with Gasteiger partial charge in [0.25, 0.3) is 0 Å². The largest absolute Gasteiger partial charge is 0.367 e. The predicted octanol–water partition coefficient (Wildman–Crippen LogP) is 3.42. The Morgan fingerprint density at radius 2 is 1.88 bits per heavy atom. The van der Waals surface area contributed by atoms with Gasteiger partial charge in [-0.05, 0) is 17.5 Å². The molecule has 3 heterocycles. The van der Waals surface area contributed by atoms with Crippen LogP contribution in [-0.4, -0.2) is 49.1 Å². The van der Waals surface area contributed by atoms with Gasteiger partial charge in [-0.2, -0.15) is 0 Å². The van der Waals surface area contributed by atoms with E-state index in [0.717, 1.165) is 43.0 Å². The van der Waals surface area contributed by atoms with Crippen molar-refractivity contribution >= 4 is 33.3 Å². The van der Waals surface area contributed by atoms with Gasteiger partial charge in [0.05, 0.1) is 21.6 Å². The Kier molecular flexibility index (Phi) is 4.28. The topological polar surface area (TPSA) is 48.5 Å². The highest BCUT2D eigenvalue weighted by molar-refractivity contribution is 7.17. The van der Waals surface area contributed by atoms with Gasteiger partial charge in [-0.1, -0.05) is 30.3 Å². The van der Waals surface area contributed by atoms with E-state index in [-0.39, 0.29) is 6.03 Å². The molecule has 1 saturated heterocycles. The minimum Gasteiger partial charge on any atom is -0.367 e. The van der Waals surface area contributed by atoms with Gasteiger partial charge in [-0.25, -0.2) is 9.78 Å². The predicted molar refractivity (Wildman–Crippen MR) is 103 cm³/mol. The summed E-state index contributed by atoms with van der Waals surface area (Å²) in [6.07, 6.45) is 0. The Labute approximate surface area is 150 Å². The second-order valence-corrected chi connectivity index (χ2v) is 6.97. The average Bonchev–Trinajstić information content (AvgIpc) is 3.16. The number of benzene rings is 1. The zero-order chi connectivity index (χ0) is 17.2. The monoisotopic (exact) mass is 352 g/mol. The Hall–Kier alpha value is -2.60. The van der Waals surface area contributed by atoms with Gasteiger partial charge >= 0.3 is 6.03 Å². The van der Waals surface area contributed by atoms with Gasteiger partial charge in [-0.15, -0.1) is 11.3 Å². The quantitative estimate of drug-likeness (QED) is 0.769. The fraction of sp³-hybridized carbons (Fsp3) is 0.263. The molecule has 1 aliphatic heterocycles. The summed E-state index contributed by atoms with van der Waals surface area (Å²) in [6, 6.07) is 14.5. The third-order valence-electron chi connectivity index (χ3n) is 4.58. The van der Waals surface area contributed by atoms with Crippen molar-refractivity contribution in [1.29, 1.82) is 0 Å². The van der Waals surface area contributed by atoms with E-state index in [1.807, 2.05) is 23.1 Å². The zero-order valence-electron chi connectivity index (χ0n) is 14.1. The molecule has 5 nitrogen and oxygen atoms in total. The lowest BCUT2D eigenvalue weighted by Gasteiger charge is -2.36. The molecule has 0 spiro atoms. The Balaban J connectivity index is 1.68. The van der Waals surface area contributed by atoms with Crippen molar-refractivity contribution in [2.75, 3.05) is 38.1 Å². The maximum Gasteiger partial charge on any atom is 0.317 e. The zero-order valence-corrected chi connectivity index (χ0v) is 14.9. The number of anilines is 1. The molecule has 4 rings (SSSR count). The van der Waals surface area contributed by atoms with E-state index in [0.29, 0.717) is 0 Å². The molecule has 25 heavy (non-hydrogen) atoms. The first-order valence-corrected chi connectivity index (χ1v) is 9.29. The number of carbonyl (C=O) groups is 1. The fourth-order valence-corrected chi connectivity index (χ4v) is 4.12. The molecule has 6 heteroatoms. The van der Waals surface area contributed by atoms with Crippen molar-refractivity contribution in [3.8, 4) is 11.3 Å². The van der Waals surface area contributed by atoms with Gasteiger partial charge in [0.1, 0.15) is 0 Å². The van der Waals surface area contributed by atoms with Crippen molar-refractivity contribution in [1.82, 2.24) is 15.2 Å². The molecule has 2 amide bonds. The first kappa shape index (κ1) is 15.9. The van der Waals surface area contributed by atoms with Crippen LogP contribution < -0.4 is 10.2 Å². The Morgan fingerprint density at radius 1 is 1.12 bits per heavy atom. The van der Waals surface area contributed by atoms with Gasteiger partial charge < -0.3 is 15.1 Å².